The predicted octanol–water partition coefficient (Wildman–Crippen LogP) is 2.11. The second kappa shape index (κ2) is 9.25. The van der Waals surface area contributed by atoms with Gasteiger partial charge in [-0.3, -0.25) is 14.6 Å². The van der Waals surface area contributed by atoms with Crippen LogP contribution in [0.15, 0.2) is 71.8 Å². The number of carbonyl (C=O) groups is 1. The summed E-state index contributed by atoms with van der Waals surface area (Å²) >= 11 is 0. The molecule has 2 aromatic heterocycles. The van der Waals surface area contributed by atoms with Gasteiger partial charge in [0, 0.05) is 37.2 Å². The van der Waals surface area contributed by atoms with E-state index in [0.29, 0.717) is 45.0 Å². The molecule has 2 fully saturated rings. The molecule has 8 heteroatoms. The molecule has 0 spiro atoms. The molecule has 33 heavy (non-hydrogen) atoms. The highest BCUT2D eigenvalue weighted by atomic mass is 16.5. The van der Waals surface area contributed by atoms with Crippen LogP contribution in [-0.4, -0.2) is 53.1 Å². The molecule has 0 aliphatic carbocycles. The standard InChI is InChI=1S/C25H26N4O4/c30-23-9-8-20(18-5-4-12-26-15-18)28-29(23)22-17-33-16-21(22)27-24(31)25(10-13-32-14-11-25)19-6-2-1-3-7-19/h1-9,12,15,21-22H,10-11,13-14,16-17H2,(H,27,31). The van der Waals surface area contributed by atoms with Gasteiger partial charge in [0.25, 0.3) is 5.56 Å². The van der Waals surface area contributed by atoms with Crippen LogP contribution in [0.5, 0.6) is 0 Å². The fourth-order valence-corrected chi connectivity index (χ4v) is 4.68. The molecule has 2 aliphatic rings. The summed E-state index contributed by atoms with van der Waals surface area (Å²) in [4.78, 5) is 30.5. The molecule has 1 N–H and O–H groups in total. The number of nitrogens with one attached hydrogen (secondary N) is 1. The van der Waals surface area contributed by atoms with Crippen LogP contribution in [0.1, 0.15) is 24.4 Å². The number of rotatable bonds is 5. The van der Waals surface area contributed by atoms with Crippen molar-refractivity contribution in [3.63, 3.8) is 0 Å². The van der Waals surface area contributed by atoms with E-state index in [-0.39, 0.29) is 17.5 Å². The smallest absolute Gasteiger partial charge is 0.267 e. The zero-order valence-corrected chi connectivity index (χ0v) is 18.2. The number of benzene rings is 1. The highest BCUT2D eigenvalue weighted by Crippen LogP contribution is 2.35. The van der Waals surface area contributed by atoms with Crippen LogP contribution in [0.4, 0.5) is 0 Å². The summed E-state index contributed by atoms with van der Waals surface area (Å²) in [5, 5.41) is 7.77. The number of aromatic nitrogens is 3. The molecule has 8 nitrogen and oxygen atoms in total. The van der Waals surface area contributed by atoms with E-state index >= 15 is 0 Å². The van der Waals surface area contributed by atoms with Gasteiger partial charge in [0.1, 0.15) is 6.04 Å². The van der Waals surface area contributed by atoms with Crippen LogP contribution >= 0.6 is 0 Å². The molecule has 1 aromatic carbocycles. The van der Waals surface area contributed by atoms with Gasteiger partial charge in [-0.1, -0.05) is 30.3 Å². The molecule has 0 radical (unpaired) electrons. The first-order chi connectivity index (χ1) is 16.2. The van der Waals surface area contributed by atoms with Crippen molar-refractivity contribution in [3.8, 4) is 11.3 Å². The minimum absolute atomic E-state index is 0.0611. The van der Waals surface area contributed by atoms with Gasteiger partial charge in [-0.2, -0.15) is 5.10 Å². The van der Waals surface area contributed by atoms with E-state index in [1.807, 2.05) is 42.5 Å². The van der Waals surface area contributed by atoms with Gasteiger partial charge in [-0.15, -0.1) is 0 Å². The van der Waals surface area contributed by atoms with Gasteiger partial charge in [-0.05, 0) is 36.6 Å². The van der Waals surface area contributed by atoms with Gasteiger partial charge in [-0.25, -0.2) is 4.68 Å². The maximum atomic E-state index is 13.7. The Hall–Kier alpha value is -3.36. The molecule has 1 amide bonds. The fourth-order valence-electron chi connectivity index (χ4n) is 4.68. The summed E-state index contributed by atoms with van der Waals surface area (Å²) < 4.78 is 12.7. The minimum atomic E-state index is -0.664. The lowest BCUT2D eigenvalue weighted by atomic mass is 9.73. The molecule has 0 saturated carbocycles. The van der Waals surface area contributed by atoms with Crippen LogP contribution in [0.3, 0.4) is 0 Å². The van der Waals surface area contributed by atoms with Crippen molar-refractivity contribution in [2.75, 3.05) is 26.4 Å². The average molecular weight is 447 g/mol. The van der Waals surface area contributed by atoms with E-state index in [1.54, 1.807) is 18.5 Å². The van der Waals surface area contributed by atoms with Gasteiger partial charge in [0.05, 0.1) is 30.4 Å². The Morgan fingerprint density at radius 2 is 1.82 bits per heavy atom. The molecular formula is C25H26N4O4. The van der Waals surface area contributed by atoms with Gasteiger partial charge in [0.15, 0.2) is 0 Å². The Kier molecular flexibility index (Phi) is 6.02. The number of amides is 1. The number of pyridine rings is 1. The topological polar surface area (TPSA) is 95.3 Å². The van der Waals surface area contributed by atoms with E-state index in [4.69, 9.17) is 9.47 Å². The number of hydrogen-bond acceptors (Lipinski definition) is 6. The van der Waals surface area contributed by atoms with Crippen LogP contribution < -0.4 is 10.9 Å². The normalized spacial score (nSPS) is 22.1. The maximum Gasteiger partial charge on any atom is 0.267 e. The van der Waals surface area contributed by atoms with Gasteiger partial charge in [0.2, 0.25) is 5.91 Å². The lowest BCUT2D eigenvalue weighted by Gasteiger charge is -2.37. The lowest BCUT2D eigenvalue weighted by Crippen LogP contribution is -2.53. The molecule has 0 bridgehead atoms. The number of carbonyl (C=O) groups excluding carboxylic acids is 1. The molecular weight excluding hydrogens is 420 g/mol. The highest BCUT2D eigenvalue weighted by Gasteiger charge is 2.44. The second-order valence-corrected chi connectivity index (χ2v) is 8.49. The SMILES string of the molecule is O=C(NC1COCC1n1nc(-c2cccnc2)ccc1=O)C1(c2ccccc2)CCOCC1. The van der Waals surface area contributed by atoms with Crippen molar-refractivity contribution in [2.45, 2.75) is 30.3 Å². The monoisotopic (exact) mass is 446 g/mol. The first-order valence-corrected chi connectivity index (χ1v) is 11.2. The van der Waals surface area contributed by atoms with Gasteiger partial charge < -0.3 is 14.8 Å². The Labute approximate surface area is 191 Å². The van der Waals surface area contributed by atoms with Crippen molar-refractivity contribution in [2.24, 2.45) is 0 Å². The predicted molar refractivity (Wildman–Crippen MR) is 122 cm³/mol. The summed E-state index contributed by atoms with van der Waals surface area (Å²) in [7, 11) is 0. The molecule has 2 unspecified atom stereocenters. The largest absolute Gasteiger partial charge is 0.381 e. The zero-order chi connectivity index (χ0) is 22.7. The third-order valence-corrected chi connectivity index (χ3v) is 6.57. The first-order valence-electron chi connectivity index (χ1n) is 11.2. The van der Waals surface area contributed by atoms with Crippen LogP contribution in [0.25, 0.3) is 11.3 Å². The number of nitrogens with zero attached hydrogens (tertiary/aromatic N) is 3. The van der Waals surface area contributed by atoms with Crippen molar-refractivity contribution >= 4 is 5.91 Å². The fraction of sp³-hybridized carbons (Fsp3) is 0.360. The zero-order valence-electron chi connectivity index (χ0n) is 18.2. The van der Waals surface area contributed by atoms with E-state index in [0.717, 1.165) is 11.1 Å². The highest BCUT2D eigenvalue weighted by molar-refractivity contribution is 5.88. The van der Waals surface area contributed by atoms with E-state index < -0.39 is 11.5 Å². The molecule has 4 heterocycles. The summed E-state index contributed by atoms with van der Waals surface area (Å²) in [5.74, 6) is -0.0611. The van der Waals surface area contributed by atoms with Crippen molar-refractivity contribution in [1.29, 1.82) is 0 Å². The second-order valence-electron chi connectivity index (χ2n) is 8.49. The average Bonchev–Trinajstić information content (AvgIpc) is 3.33. The quantitative estimate of drug-likeness (QED) is 0.645. The molecule has 3 aromatic rings. The first kappa shape index (κ1) is 21.5. The van der Waals surface area contributed by atoms with E-state index in [1.165, 1.54) is 10.7 Å². The summed E-state index contributed by atoms with van der Waals surface area (Å²) in [6.07, 6.45) is 4.61. The summed E-state index contributed by atoms with van der Waals surface area (Å²) in [6, 6.07) is 16.0. The molecule has 2 aliphatic heterocycles. The summed E-state index contributed by atoms with van der Waals surface area (Å²) in [5.41, 5.74) is 1.54. The Bertz CT molecular complexity index is 1160. The molecule has 170 valence electrons. The summed E-state index contributed by atoms with van der Waals surface area (Å²) in [6.45, 7) is 1.68. The maximum absolute atomic E-state index is 13.7. The third kappa shape index (κ3) is 4.19. The number of hydrogen-bond donors (Lipinski definition) is 1. The van der Waals surface area contributed by atoms with E-state index in [2.05, 4.69) is 15.4 Å². The van der Waals surface area contributed by atoms with E-state index in [9.17, 15) is 9.59 Å². The third-order valence-electron chi connectivity index (χ3n) is 6.57. The van der Waals surface area contributed by atoms with Gasteiger partial charge >= 0.3 is 0 Å². The minimum Gasteiger partial charge on any atom is -0.381 e. The lowest BCUT2D eigenvalue weighted by molar-refractivity contribution is -0.131. The Morgan fingerprint density at radius 3 is 2.58 bits per heavy atom. The Balaban J connectivity index is 1.42. The number of ether oxygens (including phenoxy) is 2. The van der Waals surface area contributed by atoms with Crippen molar-refractivity contribution < 1.29 is 14.3 Å². The van der Waals surface area contributed by atoms with Crippen molar-refractivity contribution in [1.82, 2.24) is 20.1 Å². The Morgan fingerprint density at radius 1 is 1.00 bits per heavy atom. The molecule has 2 atom stereocenters. The van der Waals surface area contributed by atoms with Crippen molar-refractivity contribution in [3.05, 3.63) is 82.9 Å². The van der Waals surface area contributed by atoms with Crippen LogP contribution in [0, 0.1) is 0 Å². The molecule has 5 rings (SSSR count). The van der Waals surface area contributed by atoms with Crippen LogP contribution in [-0.2, 0) is 19.7 Å². The molecule has 2 saturated heterocycles. The van der Waals surface area contributed by atoms with Crippen LogP contribution in [0.2, 0.25) is 0 Å².